The molecule has 3 aromatic carbocycles. The molecule has 4 aromatic rings. The summed E-state index contributed by atoms with van der Waals surface area (Å²) in [5.41, 5.74) is 2.61. The standard InChI is InChI=1S/C26H23N3O4S/c30-25-21-16-20(34(32,33)29-15-13-19-8-4-5-9-24(19)29)10-11-23(21)28-17-22(25)26(31)27-14-12-18-6-2-1-3-7-18/h1-11,16-17H,12-15H2,(H,27,31)(H,28,30). The van der Waals surface area contributed by atoms with E-state index in [1.807, 2.05) is 42.5 Å². The van der Waals surface area contributed by atoms with Crippen LogP contribution in [0.2, 0.25) is 0 Å². The number of H-pyrrole nitrogens is 1. The van der Waals surface area contributed by atoms with E-state index in [0.717, 1.165) is 11.1 Å². The van der Waals surface area contributed by atoms with Gasteiger partial charge in [-0.2, -0.15) is 0 Å². The number of hydrogen-bond donors (Lipinski definition) is 2. The van der Waals surface area contributed by atoms with Crippen LogP contribution in [0.25, 0.3) is 10.9 Å². The van der Waals surface area contributed by atoms with Crippen LogP contribution in [0, 0.1) is 0 Å². The quantitative estimate of drug-likeness (QED) is 0.449. The van der Waals surface area contributed by atoms with Crippen molar-refractivity contribution in [3.05, 3.63) is 106 Å². The molecule has 1 aliphatic heterocycles. The number of sulfonamides is 1. The second kappa shape index (κ2) is 8.79. The van der Waals surface area contributed by atoms with E-state index >= 15 is 0 Å². The Hall–Kier alpha value is -3.91. The van der Waals surface area contributed by atoms with E-state index in [-0.39, 0.29) is 15.8 Å². The van der Waals surface area contributed by atoms with Crippen LogP contribution in [0.15, 0.2) is 88.7 Å². The van der Waals surface area contributed by atoms with Gasteiger partial charge < -0.3 is 10.3 Å². The van der Waals surface area contributed by atoms with Crippen molar-refractivity contribution in [3.8, 4) is 0 Å². The van der Waals surface area contributed by atoms with E-state index in [0.29, 0.717) is 37.1 Å². The van der Waals surface area contributed by atoms with Gasteiger partial charge in [-0.3, -0.25) is 13.9 Å². The van der Waals surface area contributed by atoms with Gasteiger partial charge in [-0.25, -0.2) is 8.42 Å². The summed E-state index contributed by atoms with van der Waals surface area (Å²) in [6.07, 6.45) is 2.64. The molecule has 172 valence electrons. The monoisotopic (exact) mass is 473 g/mol. The zero-order chi connectivity index (χ0) is 23.7. The van der Waals surface area contributed by atoms with Crippen molar-refractivity contribution in [1.29, 1.82) is 0 Å². The number of pyridine rings is 1. The highest BCUT2D eigenvalue weighted by molar-refractivity contribution is 7.92. The molecule has 1 aromatic heterocycles. The Balaban J connectivity index is 1.42. The van der Waals surface area contributed by atoms with Crippen LogP contribution >= 0.6 is 0 Å². The van der Waals surface area contributed by atoms with E-state index in [9.17, 15) is 18.0 Å². The second-order valence-electron chi connectivity index (χ2n) is 8.19. The summed E-state index contributed by atoms with van der Waals surface area (Å²) in [4.78, 5) is 28.7. The number of fused-ring (bicyclic) bond motifs is 2. The molecule has 34 heavy (non-hydrogen) atoms. The van der Waals surface area contributed by atoms with Gasteiger partial charge >= 0.3 is 0 Å². The molecule has 0 unspecified atom stereocenters. The molecule has 1 amide bonds. The summed E-state index contributed by atoms with van der Waals surface area (Å²) in [5, 5.41) is 2.92. The number of benzene rings is 3. The molecule has 2 heterocycles. The number of amides is 1. The molecule has 1 aliphatic rings. The van der Waals surface area contributed by atoms with E-state index < -0.39 is 21.4 Å². The molecule has 0 saturated heterocycles. The topological polar surface area (TPSA) is 99.3 Å². The highest BCUT2D eigenvalue weighted by Crippen LogP contribution is 2.33. The minimum Gasteiger partial charge on any atom is -0.360 e. The number of carbonyl (C=O) groups excluding carboxylic acids is 1. The molecule has 0 fully saturated rings. The average molecular weight is 474 g/mol. The molecule has 7 nitrogen and oxygen atoms in total. The fourth-order valence-corrected chi connectivity index (χ4v) is 5.80. The largest absolute Gasteiger partial charge is 0.360 e. The number of nitrogens with one attached hydrogen (secondary N) is 2. The van der Waals surface area contributed by atoms with Gasteiger partial charge in [0.1, 0.15) is 5.56 Å². The van der Waals surface area contributed by atoms with Crippen molar-refractivity contribution in [1.82, 2.24) is 10.3 Å². The van der Waals surface area contributed by atoms with E-state index in [1.54, 1.807) is 18.2 Å². The third-order valence-corrected chi connectivity index (χ3v) is 7.88. The smallest absolute Gasteiger partial charge is 0.264 e. The summed E-state index contributed by atoms with van der Waals surface area (Å²) in [6, 6.07) is 21.5. The molecule has 2 N–H and O–H groups in total. The van der Waals surface area contributed by atoms with E-state index in [2.05, 4.69) is 10.3 Å². The van der Waals surface area contributed by atoms with Gasteiger partial charge in [0.25, 0.3) is 15.9 Å². The van der Waals surface area contributed by atoms with Crippen molar-refractivity contribution >= 4 is 32.5 Å². The lowest BCUT2D eigenvalue weighted by molar-refractivity contribution is 0.0953. The van der Waals surface area contributed by atoms with Crippen LogP contribution in [0.5, 0.6) is 0 Å². The van der Waals surface area contributed by atoms with Crippen molar-refractivity contribution < 1.29 is 13.2 Å². The first-order valence-corrected chi connectivity index (χ1v) is 12.5. The first-order valence-electron chi connectivity index (χ1n) is 11.0. The maximum atomic E-state index is 13.4. The number of hydrogen-bond acceptors (Lipinski definition) is 4. The third-order valence-electron chi connectivity index (χ3n) is 6.07. The Morgan fingerprint density at radius 1 is 1.00 bits per heavy atom. The Morgan fingerprint density at radius 2 is 1.76 bits per heavy atom. The molecule has 0 aliphatic carbocycles. The predicted molar refractivity (Wildman–Crippen MR) is 132 cm³/mol. The minimum absolute atomic E-state index is 0.0174. The molecular formula is C26H23N3O4S. The summed E-state index contributed by atoms with van der Waals surface area (Å²) in [6.45, 7) is 0.725. The number of rotatable bonds is 6. The normalized spacial score (nSPS) is 13.1. The zero-order valence-corrected chi connectivity index (χ0v) is 19.1. The molecule has 0 bridgehead atoms. The molecule has 0 saturated carbocycles. The lowest BCUT2D eigenvalue weighted by atomic mass is 10.1. The number of aromatic nitrogens is 1. The van der Waals surface area contributed by atoms with Crippen LogP contribution in [-0.4, -0.2) is 32.4 Å². The van der Waals surface area contributed by atoms with Crippen LogP contribution < -0.4 is 15.1 Å². The average Bonchev–Trinajstić information content (AvgIpc) is 3.30. The molecule has 0 atom stereocenters. The highest BCUT2D eigenvalue weighted by Gasteiger charge is 2.31. The Morgan fingerprint density at radius 3 is 2.59 bits per heavy atom. The second-order valence-corrected chi connectivity index (χ2v) is 10.0. The fourth-order valence-electron chi connectivity index (χ4n) is 4.27. The van der Waals surface area contributed by atoms with Crippen molar-refractivity contribution in [3.63, 3.8) is 0 Å². The molecule has 5 rings (SSSR count). The Labute approximate surface area is 197 Å². The van der Waals surface area contributed by atoms with Crippen LogP contribution in [0.3, 0.4) is 0 Å². The maximum Gasteiger partial charge on any atom is 0.264 e. The van der Waals surface area contributed by atoms with Gasteiger partial charge in [0.15, 0.2) is 0 Å². The number of aromatic amines is 1. The van der Waals surface area contributed by atoms with Gasteiger partial charge in [-0.05, 0) is 48.2 Å². The summed E-state index contributed by atoms with van der Waals surface area (Å²) in [5.74, 6) is -0.499. The minimum atomic E-state index is -3.86. The Kier molecular flexibility index (Phi) is 5.67. The SMILES string of the molecule is O=C(NCCc1ccccc1)c1c[nH]c2ccc(S(=O)(=O)N3CCc4ccccc43)cc2c1=O. The van der Waals surface area contributed by atoms with Crippen molar-refractivity contribution in [2.24, 2.45) is 0 Å². The van der Waals surface area contributed by atoms with Gasteiger partial charge in [-0.1, -0.05) is 48.5 Å². The number of para-hydroxylation sites is 1. The van der Waals surface area contributed by atoms with Crippen molar-refractivity contribution in [2.75, 3.05) is 17.4 Å². The number of anilines is 1. The summed E-state index contributed by atoms with van der Waals surface area (Å²) >= 11 is 0. The number of nitrogens with zero attached hydrogens (tertiary/aromatic N) is 1. The summed E-state index contributed by atoms with van der Waals surface area (Å²) < 4.78 is 28.1. The molecule has 0 radical (unpaired) electrons. The van der Waals surface area contributed by atoms with E-state index in [4.69, 9.17) is 0 Å². The Bertz CT molecular complexity index is 1550. The predicted octanol–water partition coefficient (Wildman–Crippen LogP) is 3.25. The lowest BCUT2D eigenvalue weighted by Gasteiger charge is -2.19. The lowest BCUT2D eigenvalue weighted by Crippen LogP contribution is -2.31. The number of carbonyl (C=O) groups is 1. The van der Waals surface area contributed by atoms with Gasteiger partial charge in [0.2, 0.25) is 5.43 Å². The van der Waals surface area contributed by atoms with Gasteiger partial charge in [0, 0.05) is 30.2 Å². The van der Waals surface area contributed by atoms with Crippen LogP contribution in [0.4, 0.5) is 5.69 Å². The first-order chi connectivity index (χ1) is 16.4. The zero-order valence-electron chi connectivity index (χ0n) is 18.3. The fraction of sp³-hybridized carbons (Fsp3) is 0.154. The van der Waals surface area contributed by atoms with Crippen LogP contribution in [-0.2, 0) is 22.9 Å². The molecule has 8 heteroatoms. The summed E-state index contributed by atoms with van der Waals surface area (Å²) in [7, 11) is -3.86. The molecule has 0 spiro atoms. The third kappa shape index (κ3) is 3.97. The van der Waals surface area contributed by atoms with E-state index in [1.165, 1.54) is 22.6 Å². The first kappa shape index (κ1) is 21.9. The molecular weight excluding hydrogens is 450 g/mol. The highest BCUT2D eigenvalue weighted by atomic mass is 32.2. The maximum absolute atomic E-state index is 13.4. The van der Waals surface area contributed by atoms with Gasteiger partial charge in [-0.15, -0.1) is 0 Å². The van der Waals surface area contributed by atoms with Crippen molar-refractivity contribution in [2.45, 2.75) is 17.7 Å². The van der Waals surface area contributed by atoms with Crippen LogP contribution in [0.1, 0.15) is 21.5 Å². The van der Waals surface area contributed by atoms with Gasteiger partial charge in [0.05, 0.1) is 10.6 Å².